The van der Waals surface area contributed by atoms with Crippen molar-refractivity contribution in [2.75, 3.05) is 5.32 Å². The van der Waals surface area contributed by atoms with E-state index in [1.807, 2.05) is 53.4 Å². The molecule has 5 rings (SSSR count). The van der Waals surface area contributed by atoms with Crippen molar-refractivity contribution in [1.82, 2.24) is 4.90 Å². The van der Waals surface area contributed by atoms with Crippen LogP contribution in [0.3, 0.4) is 0 Å². The van der Waals surface area contributed by atoms with Gasteiger partial charge < -0.3 is 14.6 Å². The zero-order valence-electron chi connectivity index (χ0n) is 18.5. The number of hydrogen-bond acceptors (Lipinski definition) is 4. The van der Waals surface area contributed by atoms with Gasteiger partial charge >= 0.3 is 0 Å². The zero-order chi connectivity index (χ0) is 22.8. The fourth-order valence-electron chi connectivity index (χ4n) is 4.70. The van der Waals surface area contributed by atoms with Crippen molar-refractivity contribution in [1.29, 1.82) is 0 Å². The van der Waals surface area contributed by atoms with Crippen LogP contribution in [0.5, 0.6) is 0 Å². The van der Waals surface area contributed by atoms with Gasteiger partial charge in [0.2, 0.25) is 0 Å². The van der Waals surface area contributed by atoms with Gasteiger partial charge in [-0.25, -0.2) is 4.39 Å². The zero-order valence-corrected chi connectivity index (χ0v) is 19.4. The van der Waals surface area contributed by atoms with E-state index in [0.717, 1.165) is 30.5 Å². The molecule has 2 fully saturated rings. The summed E-state index contributed by atoms with van der Waals surface area (Å²) in [5.41, 5.74) is 1.63. The summed E-state index contributed by atoms with van der Waals surface area (Å²) >= 11 is 1.54. The molecule has 1 aliphatic heterocycles. The first-order chi connectivity index (χ1) is 16.1. The molecule has 4 nitrogen and oxygen atoms in total. The highest BCUT2D eigenvalue weighted by atomic mass is 32.2. The molecule has 1 saturated carbocycles. The van der Waals surface area contributed by atoms with Crippen LogP contribution < -0.4 is 5.32 Å². The number of amides is 1. The maximum atomic E-state index is 13.6. The smallest absolute Gasteiger partial charge is 0.263 e. The molecule has 1 saturated heterocycles. The van der Waals surface area contributed by atoms with E-state index in [0.29, 0.717) is 22.3 Å². The Morgan fingerprint density at radius 2 is 1.79 bits per heavy atom. The molecule has 170 valence electrons. The Morgan fingerprint density at radius 1 is 1.03 bits per heavy atom. The molecule has 2 heterocycles. The minimum absolute atomic E-state index is 0.0481. The lowest BCUT2D eigenvalue weighted by Crippen LogP contribution is -2.48. The van der Waals surface area contributed by atoms with Crippen molar-refractivity contribution in [2.24, 2.45) is 5.92 Å². The predicted octanol–water partition coefficient (Wildman–Crippen LogP) is 6.98. The Morgan fingerprint density at radius 3 is 2.55 bits per heavy atom. The first-order valence-corrected chi connectivity index (χ1v) is 12.3. The lowest BCUT2D eigenvalue weighted by atomic mass is 9.85. The number of furan rings is 1. The standard InChI is InChI=1S/C27H27FN2O2S/c1-18-7-5-6-10-23(18)30-26(31)25(33-27(30)29-21-8-3-2-4-9-21)17-22-15-16-24(32-22)19-11-13-20(28)14-12-19/h2-4,8-9,11-18,23,27,29H,5-7,10H2,1H3/b25-17-/t18-,23-,27?/m1/s1. The van der Waals surface area contributed by atoms with Crippen molar-refractivity contribution in [3.8, 4) is 11.3 Å². The molecule has 0 spiro atoms. The molecule has 3 aromatic rings. The molecule has 1 N–H and O–H groups in total. The Kier molecular flexibility index (Phi) is 6.27. The van der Waals surface area contributed by atoms with E-state index in [9.17, 15) is 9.18 Å². The van der Waals surface area contributed by atoms with Crippen molar-refractivity contribution < 1.29 is 13.6 Å². The third kappa shape index (κ3) is 4.71. The van der Waals surface area contributed by atoms with E-state index in [2.05, 4.69) is 12.2 Å². The lowest BCUT2D eigenvalue weighted by molar-refractivity contribution is -0.129. The van der Waals surface area contributed by atoms with Crippen LogP contribution in [0.15, 0.2) is 76.1 Å². The van der Waals surface area contributed by atoms with Gasteiger partial charge in [0.15, 0.2) is 5.50 Å². The number of para-hydroxylation sites is 1. The van der Waals surface area contributed by atoms with Gasteiger partial charge in [0.1, 0.15) is 17.3 Å². The summed E-state index contributed by atoms with van der Waals surface area (Å²) in [5, 5.41) is 3.55. The van der Waals surface area contributed by atoms with Gasteiger partial charge in [-0.2, -0.15) is 0 Å². The predicted molar refractivity (Wildman–Crippen MR) is 132 cm³/mol. The molecule has 0 bridgehead atoms. The monoisotopic (exact) mass is 462 g/mol. The van der Waals surface area contributed by atoms with Crippen molar-refractivity contribution in [3.05, 3.63) is 83.2 Å². The van der Waals surface area contributed by atoms with Crippen LogP contribution >= 0.6 is 11.8 Å². The Hall–Kier alpha value is -2.99. The lowest BCUT2D eigenvalue weighted by Gasteiger charge is -2.39. The van der Waals surface area contributed by atoms with Crippen molar-refractivity contribution >= 4 is 29.4 Å². The molecule has 1 amide bonds. The second-order valence-electron chi connectivity index (χ2n) is 8.74. The summed E-state index contributed by atoms with van der Waals surface area (Å²) in [7, 11) is 0. The number of carbonyl (C=O) groups is 1. The fourth-order valence-corrected chi connectivity index (χ4v) is 5.89. The van der Waals surface area contributed by atoms with Crippen molar-refractivity contribution in [2.45, 2.75) is 44.1 Å². The van der Waals surface area contributed by atoms with E-state index in [1.54, 1.807) is 12.1 Å². The number of halogens is 1. The quantitative estimate of drug-likeness (QED) is 0.416. The van der Waals surface area contributed by atoms with E-state index >= 15 is 0 Å². The number of thioether (sulfide) groups is 1. The molecule has 1 aromatic heterocycles. The van der Waals surface area contributed by atoms with Crippen LogP contribution in [0.1, 0.15) is 38.4 Å². The molecule has 3 atom stereocenters. The van der Waals surface area contributed by atoms with Gasteiger partial charge in [0, 0.05) is 23.4 Å². The summed E-state index contributed by atoms with van der Waals surface area (Å²) < 4.78 is 19.2. The molecule has 33 heavy (non-hydrogen) atoms. The number of benzene rings is 2. The van der Waals surface area contributed by atoms with Gasteiger partial charge in [-0.3, -0.25) is 4.79 Å². The second-order valence-corrected chi connectivity index (χ2v) is 9.86. The topological polar surface area (TPSA) is 45.5 Å². The highest BCUT2D eigenvalue weighted by molar-refractivity contribution is 8.05. The van der Waals surface area contributed by atoms with Gasteiger partial charge in [0.25, 0.3) is 5.91 Å². The normalized spacial score (nSPS) is 24.4. The van der Waals surface area contributed by atoms with E-state index in [4.69, 9.17) is 4.42 Å². The van der Waals surface area contributed by atoms with E-state index in [-0.39, 0.29) is 23.3 Å². The van der Waals surface area contributed by atoms with Crippen LogP contribution in [0, 0.1) is 11.7 Å². The Balaban J connectivity index is 1.42. The van der Waals surface area contributed by atoms with Gasteiger partial charge in [-0.1, -0.05) is 49.7 Å². The average Bonchev–Trinajstić information content (AvgIpc) is 3.40. The summed E-state index contributed by atoms with van der Waals surface area (Å²) in [6.45, 7) is 2.25. The Bertz CT molecular complexity index is 1140. The van der Waals surface area contributed by atoms with Crippen LogP contribution in [0.2, 0.25) is 0 Å². The highest BCUT2D eigenvalue weighted by Gasteiger charge is 2.43. The van der Waals surface area contributed by atoms with Crippen molar-refractivity contribution in [3.63, 3.8) is 0 Å². The SMILES string of the molecule is C[C@@H]1CCCC[C@H]1N1C(=O)/C(=C/c2ccc(-c3ccc(F)cc3)o2)SC1Nc1ccccc1. The molecule has 1 aliphatic carbocycles. The number of anilines is 1. The van der Waals surface area contributed by atoms with Crippen LogP contribution in [0.25, 0.3) is 17.4 Å². The first kappa shape index (κ1) is 21.8. The third-order valence-corrected chi connectivity index (χ3v) is 7.57. The maximum absolute atomic E-state index is 13.6. The van der Waals surface area contributed by atoms with E-state index in [1.165, 1.54) is 30.3 Å². The van der Waals surface area contributed by atoms with Gasteiger partial charge in [-0.05, 0) is 67.3 Å². The van der Waals surface area contributed by atoms with E-state index < -0.39 is 0 Å². The molecule has 1 unspecified atom stereocenters. The maximum Gasteiger partial charge on any atom is 0.263 e. The minimum Gasteiger partial charge on any atom is -0.457 e. The summed E-state index contributed by atoms with van der Waals surface area (Å²) in [4.78, 5) is 16.3. The molecule has 0 radical (unpaired) electrons. The molecule has 6 heteroatoms. The van der Waals surface area contributed by atoms with Gasteiger partial charge in [-0.15, -0.1) is 0 Å². The highest BCUT2D eigenvalue weighted by Crippen LogP contribution is 2.42. The summed E-state index contributed by atoms with van der Waals surface area (Å²) in [5.74, 6) is 1.49. The molecular formula is C27H27FN2O2S. The van der Waals surface area contributed by atoms with Crippen LogP contribution in [-0.4, -0.2) is 22.3 Å². The average molecular weight is 463 g/mol. The summed E-state index contributed by atoms with van der Waals surface area (Å²) in [6.07, 6.45) is 6.39. The molecule has 2 aromatic carbocycles. The fraction of sp³-hybridized carbons (Fsp3) is 0.296. The Labute approximate surface area is 197 Å². The summed E-state index contributed by atoms with van der Waals surface area (Å²) in [6, 6.07) is 20.1. The molecule has 2 aliphatic rings. The first-order valence-electron chi connectivity index (χ1n) is 11.5. The van der Waals surface area contributed by atoms with Gasteiger partial charge in [0.05, 0.1) is 4.91 Å². The number of nitrogens with zero attached hydrogens (tertiary/aromatic N) is 1. The third-order valence-electron chi connectivity index (χ3n) is 6.45. The number of nitrogens with one attached hydrogen (secondary N) is 1. The second kappa shape index (κ2) is 9.48. The number of carbonyl (C=O) groups excluding carboxylic acids is 1. The largest absolute Gasteiger partial charge is 0.457 e. The van der Waals surface area contributed by atoms with Crippen LogP contribution in [-0.2, 0) is 4.79 Å². The van der Waals surface area contributed by atoms with Crippen LogP contribution in [0.4, 0.5) is 10.1 Å². The molecular weight excluding hydrogens is 435 g/mol. The number of rotatable bonds is 5. The minimum atomic E-state index is -0.283. The number of hydrogen-bond donors (Lipinski definition) is 1.